The molecule has 3 atom stereocenters. The molecule has 4 bridgehead atoms. The first-order chi connectivity index (χ1) is 32.1. The Kier molecular flexibility index (Phi) is 12.2. The number of para-hydroxylation sites is 1. The number of aliphatic carboxylic acids is 1. The SMILES string of the molecule is Cc1c(-c2ccc(N3CCc4cccc(C(=O)Nc5nc6ccccc6s5)c4C3)nc2C(=O)O)cnn1CC12CC3(C)CC(C)(C1)CC(OCCN(CCS(=O)(=O)O)C(=O)[C@@H](N)CC(=O)O)(C3)C2. The van der Waals surface area contributed by atoms with Crippen LogP contribution in [0.3, 0.4) is 0 Å². The molecule has 68 heavy (non-hydrogen) atoms. The summed E-state index contributed by atoms with van der Waals surface area (Å²) < 4.78 is 42.4. The molecule has 4 saturated carbocycles. The number of carbonyl (C=O) groups excluding carboxylic acids is 2. The van der Waals surface area contributed by atoms with Gasteiger partial charge in [0.2, 0.25) is 5.91 Å². The maximum atomic E-state index is 13.7. The lowest BCUT2D eigenvalue weighted by Crippen LogP contribution is -2.64. The Morgan fingerprint density at radius 2 is 1.69 bits per heavy atom. The molecule has 10 rings (SSSR count). The lowest BCUT2D eigenvalue weighted by molar-refractivity contribution is -0.248. The number of nitrogens with zero attached hydrogens (tertiary/aromatic N) is 6. The van der Waals surface area contributed by atoms with Crippen molar-refractivity contribution < 1.29 is 47.1 Å². The molecule has 4 fully saturated rings. The van der Waals surface area contributed by atoms with Gasteiger partial charge in [0.25, 0.3) is 16.0 Å². The maximum absolute atomic E-state index is 13.7. The molecule has 360 valence electrons. The highest BCUT2D eigenvalue weighted by atomic mass is 32.2. The van der Waals surface area contributed by atoms with Crippen LogP contribution < -0.4 is 16.0 Å². The molecule has 2 unspecified atom stereocenters. The molecule has 5 aliphatic rings. The summed E-state index contributed by atoms with van der Waals surface area (Å²) in [4.78, 5) is 63.6. The van der Waals surface area contributed by atoms with E-state index < -0.39 is 51.8 Å². The van der Waals surface area contributed by atoms with Crippen LogP contribution in [0, 0.1) is 23.2 Å². The summed E-state index contributed by atoms with van der Waals surface area (Å²) in [6.45, 7) is 7.65. The molecular formula is C48H56N8O10S2. The monoisotopic (exact) mass is 968 g/mol. The number of amides is 2. The van der Waals surface area contributed by atoms with Crippen LogP contribution in [-0.2, 0) is 44.0 Å². The number of anilines is 2. The fourth-order valence-electron chi connectivity index (χ4n) is 12.9. The number of hydrogen-bond donors (Lipinski definition) is 5. The molecule has 0 spiro atoms. The van der Waals surface area contributed by atoms with Crippen LogP contribution in [0.5, 0.6) is 0 Å². The van der Waals surface area contributed by atoms with Gasteiger partial charge in [-0.3, -0.25) is 28.9 Å². The number of ether oxygens (including phenoxy) is 1. The van der Waals surface area contributed by atoms with Gasteiger partial charge in [-0.15, -0.1) is 0 Å². The zero-order valence-corrected chi connectivity index (χ0v) is 39.9. The summed E-state index contributed by atoms with van der Waals surface area (Å²) in [5, 5.41) is 28.2. The minimum absolute atomic E-state index is 0.0424. The minimum atomic E-state index is -4.42. The van der Waals surface area contributed by atoms with E-state index in [4.69, 9.17) is 20.6 Å². The summed E-state index contributed by atoms with van der Waals surface area (Å²) in [7, 11) is -4.42. The molecule has 18 nitrogen and oxygen atoms in total. The van der Waals surface area contributed by atoms with Gasteiger partial charge in [-0.05, 0) is 110 Å². The zero-order valence-electron chi connectivity index (χ0n) is 38.2. The highest BCUT2D eigenvalue weighted by Crippen LogP contribution is 2.72. The fourth-order valence-corrected chi connectivity index (χ4v) is 14.2. The predicted molar refractivity (Wildman–Crippen MR) is 254 cm³/mol. The third-order valence-electron chi connectivity index (χ3n) is 14.4. The van der Waals surface area contributed by atoms with E-state index in [0.29, 0.717) is 60.1 Å². The van der Waals surface area contributed by atoms with Gasteiger partial charge < -0.3 is 30.5 Å². The van der Waals surface area contributed by atoms with Crippen molar-refractivity contribution in [3.8, 4) is 11.1 Å². The van der Waals surface area contributed by atoms with Crippen molar-refractivity contribution >= 4 is 66.4 Å². The second-order valence-electron chi connectivity index (χ2n) is 20.3. The fraction of sp³-hybridized carbons (Fsp3) is 0.479. The second kappa shape index (κ2) is 17.6. The molecule has 0 saturated heterocycles. The highest BCUT2D eigenvalue weighted by Gasteiger charge is 2.66. The number of carboxylic acid groups (broad SMARTS) is 2. The Balaban J connectivity index is 0.920. The van der Waals surface area contributed by atoms with E-state index in [2.05, 4.69) is 24.1 Å². The highest BCUT2D eigenvalue weighted by molar-refractivity contribution is 7.85. The van der Waals surface area contributed by atoms with Crippen LogP contribution in [0.1, 0.15) is 96.5 Å². The van der Waals surface area contributed by atoms with E-state index in [1.54, 1.807) is 18.3 Å². The number of carbonyl (C=O) groups is 4. The van der Waals surface area contributed by atoms with Crippen LogP contribution in [0.4, 0.5) is 10.9 Å². The van der Waals surface area contributed by atoms with E-state index in [1.165, 1.54) is 11.3 Å². The van der Waals surface area contributed by atoms with Gasteiger partial charge in [0.15, 0.2) is 10.8 Å². The minimum Gasteiger partial charge on any atom is -0.481 e. The molecule has 6 N–H and O–H groups in total. The number of fused-ring (bicyclic) bond motifs is 2. The Morgan fingerprint density at radius 1 is 0.941 bits per heavy atom. The molecule has 5 aromatic rings. The van der Waals surface area contributed by atoms with Gasteiger partial charge in [-0.25, -0.2) is 14.8 Å². The lowest BCUT2D eigenvalue weighted by Gasteiger charge is -2.69. The maximum Gasteiger partial charge on any atom is 0.355 e. The molecule has 3 aromatic heterocycles. The molecular weight excluding hydrogens is 913 g/mol. The first kappa shape index (κ1) is 47.3. The predicted octanol–water partition coefficient (Wildman–Crippen LogP) is 6.03. The van der Waals surface area contributed by atoms with Crippen molar-refractivity contribution in [1.29, 1.82) is 0 Å². The number of hydrogen-bond acceptors (Lipinski definition) is 13. The molecule has 1 aliphatic heterocycles. The number of carboxylic acids is 2. The van der Waals surface area contributed by atoms with Gasteiger partial charge in [-0.2, -0.15) is 13.5 Å². The number of aromatic nitrogens is 4. The van der Waals surface area contributed by atoms with Crippen molar-refractivity contribution in [2.45, 2.75) is 96.9 Å². The quantitative estimate of drug-likeness (QED) is 0.0667. The van der Waals surface area contributed by atoms with Gasteiger partial charge in [-0.1, -0.05) is 49.4 Å². The Labute approximate surface area is 397 Å². The van der Waals surface area contributed by atoms with Crippen molar-refractivity contribution in [3.05, 3.63) is 88.9 Å². The summed E-state index contributed by atoms with van der Waals surface area (Å²) in [6, 6.07) is 15.6. The van der Waals surface area contributed by atoms with Crippen molar-refractivity contribution in [1.82, 2.24) is 24.6 Å². The van der Waals surface area contributed by atoms with Gasteiger partial charge in [0.1, 0.15) is 5.82 Å². The largest absolute Gasteiger partial charge is 0.481 e. The first-order valence-corrected chi connectivity index (χ1v) is 25.2. The topological polar surface area (TPSA) is 260 Å². The number of nitrogens with one attached hydrogen (secondary N) is 1. The average molecular weight is 969 g/mol. The Bertz CT molecular complexity index is 2900. The number of rotatable bonds is 17. The molecule has 4 aliphatic carbocycles. The van der Waals surface area contributed by atoms with Crippen molar-refractivity contribution in [2.24, 2.45) is 22.0 Å². The number of nitrogens with two attached hydrogens (primary N) is 1. The van der Waals surface area contributed by atoms with Gasteiger partial charge in [0.05, 0.1) is 46.8 Å². The number of thiazole rings is 1. The Hall–Kier alpha value is -5.80. The summed E-state index contributed by atoms with van der Waals surface area (Å²) in [5.74, 6) is -3.70. The lowest BCUT2D eigenvalue weighted by atomic mass is 9.39. The first-order valence-electron chi connectivity index (χ1n) is 22.8. The number of aromatic carboxylic acids is 1. The van der Waals surface area contributed by atoms with Crippen molar-refractivity contribution in [3.63, 3.8) is 0 Å². The van der Waals surface area contributed by atoms with E-state index in [0.717, 1.165) is 64.0 Å². The molecule has 4 heterocycles. The van der Waals surface area contributed by atoms with E-state index >= 15 is 0 Å². The smallest absolute Gasteiger partial charge is 0.355 e. The zero-order chi connectivity index (χ0) is 48.4. The van der Waals surface area contributed by atoms with E-state index in [-0.39, 0.29) is 47.5 Å². The molecule has 2 aromatic carbocycles. The average Bonchev–Trinajstić information content (AvgIpc) is 3.83. The summed E-state index contributed by atoms with van der Waals surface area (Å²) in [5.41, 5.74) is 9.98. The van der Waals surface area contributed by atoms with Crippen LogP contribution in [0.2, 0.25) is 0 Å². The van der Waals surface area contributed by atoms with E-state index in [1.807, 2.05) is 59.0 Å². The number of pyridine rings is 1. The summed E-state index contributed by atoms with van der Waals surface area (Å²) >= 11 is 1.41. The van der Waals surface area contributed by atoms with Crippen LogP contribution in [-0.4, -0.2) is 115 Å². The normalized spacial score (nSPS) is 24.5. The van der Waals surface area contributed by atoms with Gasteiger partial charge >= 0.3 is 11.9 Å². The van der Waals surface area contributed by atoms with Gasteiger partial charge in [0, 0.05) is 55.1 Å². The molecule has 0 radical (unpaired) electrons. The number of benzene rings is 2. The van der Waals surface area contributed by atoms with Crippen LogP contribution in [0.15, 0.2) is 60.8 Å². The Morgan fingerprint density at radius 3 is 2.40 bits per heavy atom. The van der Waals surface area contributed by atoms with E-state index in [9.17, 15) is 42.4 Å². The van der Waals surface area contributed by atoms with Crippen LogP contribution >= 0.6 is 11.3 Å². The molecule has 20 heteroatoms. The van der Waals surface area contributed by atoms with Crippen LogP contribution in [0.25, 0.3) is 21.3 Å². The second-order valence-corrected chi connectivity index (χ2v) is 22.9. The van der Waals surface area contributed by atoms with Crippen molar-refractivity contribution in [2.75, 3.05) is 42.2 Å². The standard InChI is InChI=1S/C48H56N8O10S2/c1-29-33(31-11-12-38(52-40(31)43(61)62)55-14-13-30-7-6-8-32(34(30)21-55)41(59)53-44-51-36-9-4-5-10-37(36)67-44)20-50-56(29)28-47-23-45(2)22-46(3,24-47)26-48(25-45,27-47)66-17-15-54(16-18-68(63,64)65)42(60)35(49)19-39(57)58/h4-12,20,35H,13-19,21-28,49H2,1-3H3,(H,57,58)(H,61,62)(H,51,53,59)(H,63,64,65)/t35-,45?,46?,47?,48?/m0/s1. The summed E-state index contributed by atoms with van der Waals surface area (Å²) in [6.07, 6.45) is 6.87. The third kappa shape index (κ3) is 9.61. The molecule has 2 amide bonds. The third-order valence-corrected chi connectivity index (χ3v) is 16.0.